The lowest BCUT2D eigenvalue weighted by Crippen LogP contribution is -2.08. The molecule has 0 N–H and O–H groups in total. The number of carbonyl (C=O) groups excluding carboxylic acids is 3. The second-order valence-corrected chi connectivity index (χ2v) is 9.33. The molecule has 0 radical (unpaired) electrons. The topological polar surface area (TPSA) is 78.9 Å². The minimum atomic E-state index is -0.527. The van der Waals surface area contributed by atoms with E-state index in [2.05, 4.69) is 6.92 Å². The van der Waals surface area contributed by atoms with Gasteiger partial charge in [-0.25, -0.2) is 0 Å². The molecule has 6 heteroatoms. The molecule has 0 unspecified atom stereocenters. The molecular weight excluding hydrogens is 444 g/mol. The molecule has 1 rings (SSSR count). The molecule has 0 aliphatic rings. The second kappa shape index (κ2) is 19.9. The van der Waals surface area contributed by atoms with Crippen LogP contribution in [0.25, 0.3) is 0 Å². The molecule has 0 aliphatic carbocycles. The van der Waals surface area contributed by atoms with Crippen LogP contribution >= 0.6 is 0 Å². The van der Waals surface area contributed by atoms with Gasteiger partial charge in [0.15, 0.2) is 11.5 Å². The molecule has 0 bridgehead atoms. The Bertz CT molecular complexity index is 743. The summed E-state index contributed by atoms with van der Waals surface area (Å²) < 4.78 is 15.5. The molecular formula is C29H46O6. The van der Waals surface area contributed by atoms with Crippen LogP contribution in [0.5, 0.6) is 11.5 Å². The highest BCUT2D eigenvalue weighted by Crippen LogP contribution is 2.29. The van der Waals surface area contributed by atoms with Crippen LogP contribution < -0.4 is 9.47 Å². The first-order valence-corrected chi connectivity index (χ1v) is 13.6. The van der Waals surface area contributed by atoms with Crippen LogP contribution in [0.2, 0.25) is 0 Å². The van der Waals surface area contributed by atoms with Gasteiger partial charge in [-0.15, -0.1) is 0 Å². The summed E-state index contributed by atoms with van der Waals surface area (Å²) in [6.45, 7) is 4.87. The minimum absolute atomic E-state index is 0.0756. The highest BCUT2D eigenvalue weighted by molar-refractivity contribution is 5.74. The third-order valence-electron chi connectivity index (χ3n) is 5.90. The van der Waals surface area contributed by atoms with E-state index < -0.39 is 11.9 Å². The molecule has 0 spiro atoms. The molecule has 198 valence electrons. The van der Waals surface area contributed by atoms with E-state index in [1.54, 1.807) is 12.1 Å². The second-order valence-electron chi connectivity index (χ2n) is 9.33. The Morgan fingerprint density at radius 1 is 0.629 bits per heavy atom. The van der Waals surface area contributed by atoms with Gasteiger partial charge in [0.05, 0.1) is 0 Å². The smallest absolute Gasteiger partial charge is 0.308 e. The number of carbonyl (C=O) groups is 3. The standard InChI is InChI=1S/C29H46O6/c1-4-5-6-7-8-9-10-11-12-13-14-15-16-17-18-19-29(32)33-23-26-20-21-27(34-24(2)30)28(22-26)35-25(3)31/h20-22H,4-19,23H2,1-3H3. The summed E-state index contributed by atoms with van der Waals surface area (Å²) in [6.07, 6.45) is 19.7. The minimum Gasteiger partial charge on any atom is -0.461 e. The van der Waals surface area contributed by atoms with Crippen molar-refractivity contribution < 1.29 is 28.6 Å². The predicted octanol–water partition coefficient (Wildman–Crippen LogP) is 7.84. The molecule has 6 nitrogen and oxygen atoms in total. The van der Waals surface area contributed by atoms with Gasteiger partial charge >= 0.3 is 17.9 Å². The molecule has 0 amide bonds. The predicted molar refractivity (Wildman–Crippen MR) is 138 cm³/mol. The normalized spacial score (nSPS) is 10.7. The summed E-state index contributed by atoms with van der Waals surface area (Å²) in [4.78, 5) is 34.5. The van der Waals surface area contributed by atoms with Crippen LogP contribution in [0, 0.1) is 0 Å². The first-order valence-electron chi connectivity index (χ1n) is 13.6. The zero-order chi connectivity index (χ0) is 25.7. The van der Waals surface area contributed by atoms with Crippen LogP contribution in [-0.2, 0) is 25.7 Å². The maximum Gasteiger partial charge on any atom is 0.308 e. The Morgan fingerprint density at radius 3 is 1.57 bits per heavy atom. The number of unbranched alkanes of at least 4 members (excludes halogenated alkanes) is 14. The van der Waals surface area contributed by atoms with Crippen LogP contribution in [0.4, 0.5) is 0 Å². The van der Waals surface area contributed by atoms with Gasteiger partial charge in [-0.05, 0) is 24.1 Å². The molecule has 0 atom stereocenters. The lowest BCUT2D eigenvalue weighted by Gasteiger charge is -2.11. The van der Waals surface area contributed by atoms with Gasteiger partial charge in [-0.3, -0.25) is 14.4 Å². The number of hydrogen-bond donors (Lipinski definition) is 0. The van der Waals surface area contributed by atoms with E-state index in [-0.39, 0.29) is 24.1 Å². The van der Waals surface area contributed by atoms with Crippen molar-refractivity contribution in [3.05, 3.63) is 23.8 Å². The quantitative estimate of drug-likeness (QED) is 0.105. The maximum absolute atomic E-state index is 12.0. The third-order valence-corrected chi connectivity index (χ3v) is 5.90. The largest absolute Gasteiger partial charge is 0.461 e. The van der Waals surface area contributed by atoms with Crippen LogP contribution in [0.15, 0.2) is 18.2 Å². The lowest BCUT2D eigenvalue weighted by atomic mass is 10.0. The van der Waals surface area contributed by atoms with Crippen molar-refractivity contribution in [2.45, 2.75) is 130 Å². The SMILES string of the molecule is CCCCCCCCCCCCCCCCCC(=O)OCc1ccc(OC(C)=O)c(OC(C)=O)c1. The Hall–Kier alpha value is -2.37. The van der Waals surface area contributed by atoms with E-state index >= 15 is 0 Å². The summed E-state index contributed by atoms with van der Waals surface area (Å²) in [6, 6.07) is 4.74. The molecule has 1 aromatic rings. The average molecular weight is 491 g/mol. The van der Waals surface area contributed by atoms with Crippen LogP contribution in [0.1, 0.15) is 129 Å². The number of hydrogen-bond acceptors (Lipinski definition) is 6. The summed E-state index contributed by atoms with van der Waals surface area (Å²) in [5, 5.41) is 0. The van der Waals surface area contributed by atoms with Gasteiger partial charge < -0.3 is 14.2 Å². The van der Waals surface area contributed by atoms with E-state index in [1.165, 1.54) is 97.0 Å². The van der Waals surface area contributed by atoms with Gasteiger partial charge in [-0.1, -0.05) is 103 Å². The third kappa shape index (κ3) is 16.8. The summed E-state index contributed by atoms with van der Waals surface area (Å²) in [5.74, 6) is -0.996. The summed E-state index contributed by atoms with van der Waals surface area (Å²) in [5.41, 5.74) is 0.655. The molecule has 1 aromatic carbocycles. The highest BCUT2D eigenvalue weighted by Gasteiger charge is 2.12. The first kappa shape index (κ1) is 30.7. The fraction of sp³-hybridized carbons (Fsp3) is 0.690. The zero-order valence-corrected chi connectivity index (χ0v) is 22.2. The van der Waals surface area contributed by atoms with Crippen LogP contribution in [0.3, 0.4) is 0 Å². The maximum atomic E-state index is 12.0. The molecule has 0 aliphatic heterocycles. The Balaban J connectivity index is 2.08. The first-order chi connectivity index (χ1) is 16.9. The molecule has 0 heterocycles. The summed E-state index contributed by atoms with van der Waals surface area (Å²) >= 11 is 0. The van der Waals surface area contributed by atoms with Crippen molar-refractivity contribution in [2.24, 2.45) is 0 Å². The number of benzene rings is 1. The number of rotatable bonds is 20. The zero-order valence-electron chi connectivity index (χ0n) is 22.2. The van der Waals surface area contributed by atoms with Gasteiger partial charge in [0.25, 0.3) is 0 Å². The van der Waals surface area contributed by atoms with E-state index in [0.29, 0.717) is 12.0 Å². The number of esters is 3. The van der Waals surface area contributed by atoms with Crippen molar-refractivity contribution in [1.29, 1.82) is 0 Å². The van der Waals surface area contributed by atoms with Crippen LogP contribution in [-0.4, -0.2) is 17.9 Å². The van der Waals surface area contributed by atoms with E-state index in [1.807, 2.05) is 0 Å². The van der Waals surface area contributed by atoms with Gasteiger partial charge in [-0.2, -0.15) is 0 Å². The van der Waals surface area contributed by atoms with Crippen molar-refractivity contribution in [1.82, 2.24) is 0 Å². The average Bonchev–Trinajstić information content (AvgIpc) is 2.81. The van der Waals surface area contributed by atoms with Crippen molar-refractivity contribution in [3.63, 3.8) is 0 Å². The fourth-order valence-electron chi connectivity index (χ4n) is 3.99. The van der Waals surface area contributed by atoms with Gasteiger partial charge in [0.2, 0.25) is 0 Å². The van der Waals surface area contributed by atoms with Crippen molar-refractivity contribution >= 4 is 17.9 Å². The van der Waals surface area contributed by atoms with Crippen molar-refractivity contribution in [2.75, 3.05) is 0 Å². The molecule has 0 saturated heterocycles. The summed E-state index contributed by atoms with van der Waals surface area (Å²) in [7, 11) is 0. The lowest BCUT2D eigenvalue weighted by molar-refractivity contribution is -0.145. The van der Waals surface area contributed by atoms with Gasteiger partial charge in [0.1, 0.15) is 6.61 Å². The highest BCUT2D eigenvalue weighted by atomic mass is 16.6. The Morgan fingerprint density at radius 2 is 1.09 bits per heavy atom. The van der Waals surface area contributed by atoms with Gasteiger partial charge in [0, 0.05) is 20.3 Å². The van der Waals surface area contributed by atoms with E-state index in [4.69, 9.17) is 14.2 Å². The van der Waals surface area contributed by atoms with E-state index in [0.717, 1.165) is 19.3 Å². The Kier molecular flexibility index (Phi) is 17.4. The molecule has 0 aromatic heterocycles. The molecule has 0 fully saturated rings. The number of ether oxygens (including phenoxy) is 3. The van der Waals surface area contributed by atoms with E-state index in [9.17, 15) is 14.4 Å². The Labute approximate surface area is 212 Å². The van der Waals surface area contributed by atoms with Crippen molar-refractivity contribution in [3.8, 4) is 11.5 Å². The fourth-order valence-corrected chi connectivity index (χ4v) is 3.99. The monoisotopic (exact) mass is 490 g/mol. The molecule has 35 heavy (non-hydrogen) atoms. The molecule has 0 saturated carbocycles.